The van der Waals surface area contributed by atoms with Crippen LogP contribution in [0.2, 0.25) is 0 Å². The fourth-order valence-corrected chi connectivity index (χ4v) is 4.74. The normalized spacial score (nSPS) is 29.2. The van der Waals surface area contributed by atoms with E-state index in [0.717, 1.165) is 50.5 Å². The number of hydrogen-bond donors (Lipinski definition) is 1. The first-order chi connectivity index (χ1) is 11.8. The van der Waals surface area contributed by atoms with E-state index in [2.05, 4.69) is 34.5 Å². The SMILES string of the molecule is O=C(c1ccc(C2CCCCC2)cc1)C1CC(N2CCNCC2)C1. The molecule has 4 rings (SSSR count). The van der Waals surface area contributed by atoms with Crippen LogP contribution in [0.3, 0.4) is 0 Å². The molecule has 1 aromatic rings. The highest BCUT2D eigenvalue weighted by atomic mass is 16.1. The molecule has 0 unspecified atom stereocenters. The second-order valence-corrected chi connectivity index (χ2v) is 7.93. The second kappa shape index (κ2) is 7.37. The summed E-state index contributed by atoms with van der Waals surface area (Å²) >= 11 is 0. The molecule has 2 saturated carbocycles. The Morgan fingerprint density at radius 2 is 1.62 bits per heavy atom. The van der Waals surface area contributed by atoms with Gasteiger partial charge in [0.1, 0.15) is 0 Å². The van der Waals surface area contributed by atoms with Crippen molar-refractivity contribution in [2.75, 3.05) is 26.2 Å². The highest BCUT2D eigenvalue weighted by Crippen LogP contribution is 2.36. The van der Waals surface area contributed by atoms with E-state index in [1.807, 2.05) is 0 Å². The molecule has 0 spiro atoms. The minimum Gasteiger partial charge on any atom is -0.314 e. The van der Waals surface area contributed by atoms with Crippen LogP contribution in [-0.4, -0.2) is 42.9 Å². The molecule has 130 valence electrons. The fraction of sp³-hybridized carbons (Fsp3) is 0.667. The Labute approximate surface area is 145 Å². The van der Waals surface area contributed by atoms with Gasteiger partial charge in [0, 0.05) is 43.7 Å². The zero-order chi connectivity index (χ0) is 16.4. The van der Waals surface area contributed by atoms with Crippen LogP contribution >= 0.6 is 0 Å². The van der Waals surface area contributed by atoms with Crippen molar-refractivity contribution in [2.45, 2.75) is 56.9 Å². The Kier molecular flexibility index (Phi) is 5.00. The van der Waals surface area contributed by atoms with Gasteiger partial charge in [-0.05, 0) is 37.2 Å². The highest BCUT2D eigenvalue weighted by molar-refractivity contribution is 5.98. The van der Waals surface area contributed by atoms with Crippen molar-refractivity contribution in [3.05, 3.63) is 35.4 Å². The largest absolute Gasteiger partial charge is 0.314 e. The van der Waals surface area contributed by atoms with Gasteiger partial charge in [0.05, 0.1) is 0 Å². The molecule has 1 heterocycles. The number of Topliss-reactive ketones (excluding diaryl/α,β-unsaturated/α-hetero) is 1. The van der Waals surface area contributed by atoms with Gasteiger partial charge in [0.2, 0.25) is 0 Å². The average molecular weight is 326 g/mol. The lowest BCUT2D eigenvalue weighted by atomic mass is 9.74. The standard InChI is InChI=1S/C21H30N2O/c24-21(19-14-20(15-19)23-12-10-22-11-13-23)18-8-6-17(7-9-18)16-4-2-1-3-5-16/h6-9,16,19-20,22H,1-5,10-15H2. The molecule has 3 nitrogen and oxygen atoms in total. The van der Waals surface area contributed by atoms with E-state index in [1.54, 1.807) is 0 Å². The number of rotatable bonds is 4. The maximum Gasteiger partial charge on any atom is 0.166 e. The van der Waals surface area contributed by atoms with Gasteiger partial charge in [-0.2, -0.15) is 0 Å². The van der Waals surface area contributed by atoms with Gasteiger partial charge in [-0.3, -0.25) is 9.69 Å². The number of ketones is 1. The molecular formula is C21H30N2O. The van der Waals surface area contributed by atoms with Gasteiger partial charge in [-0.25, -0.2) is 0 Å². The molecule has 0 bridgehead atoms. The molecule has 24 heavy (non-hydrogen) atoms. The Bertz CT molecular complexity index is 550. The van der Waals surface area contributed by atoms with Crippen LogP contribution in [-0.2, 0) is 0 Å². The zero-order valence-electron chi connectivity index (χ0n) is 14.7. The van der Waals surface area contributed by atoms with Crippen LogP contribution in [0.15, 0.2) is 24.3 Å². The quantitative estimate of drug-likeness (QED) is 0.858. The summed E-state index contributed by atoms with van der Waals surface area (Å²) in [5.41, 5.74) is 2.37. The van der Waals surface area contributed by atoms with Gasteiger partial charge in [-0.1, -0.05) is 43.5 Å². The molecule has 0 atom stereocenters. The molecule has 3 fully saturated rings. The molecule has 1 saturated heterocycles. The molecule has 0 radical (unpaired) electrons. The van der Waals surface area contributed by atoms with E-state index >= 15 is 0 Å². The summed E-state index contributed by atoms with van der Waals surface area (Å²) in [5, 5.41) is 3.40. The van der Waals surface area contributed by atoms with Gasteiger partial charge < -0.3 is 5.32 Å². The summed E-state index contributed by atoms with van der Waals surface area (Å²) in [6, 6.07) is 9.25. The van der Waals surface area contributed by atoms with Crippen molar-refractivity contribution in [1.29, 1.82) is 0 Å². The minimum absolute atomic E-state index is 0.255. The Hall–Kier alpha value is -1.19. The number of piperazine rings is 1. The molecule has 2 aliphatic carbocycles. The molecule has 1 aliphatic heterocycles. The number of benzene rings is 1. The Balaban J connectivity index is 1.32. The van der Waals surface area contributed by atoms with Crippen molar-refractivity contribution in [3.63, 3.8) is 0 Å². The fourth-order valence-electron chi connectivity index (χ4n) is 4.74. The molecular weight excluding hydrogens is 296 g/mol. The molecule has 0 aromatic heterocycles. The number of carbonyl (C=O) groups is 1. The van der Waals surface area contributed by atoms with Crippen LogP contribution < -0.4 is 5.32 Å². The van der Waals surface area contributed by atoms with Crippen molar-refractivity contribution in [2.24, 2.45) is 5.92 Å². The third-order valence-corrected chi connectivity index (χ3v) is 6.42. The maximum atomic E-state index is 12.7. The molecule has 3 aliphatic rings. The first-order valence-electron chi connectivity index (χ1n) is 9.90. The van der Waals surface area contributed by atoms with E-state index in [0.29, 0.717) is 11.8 Å². The summed E-state index contributed by atoms with van der Waals surface area (Å²) in [6.45, 7) is 4.47. The third-order valence-electron chi connectivity index (χ3n) is 6.42. The molecule has 1 aromatic carbocycles. The van der Waals surface area contributed by atoms with Crippen LogP contribution in [0.4, 0.5) is 0 Å². The second-order valence-electron chi connectivity index (χ2n) is 7.93. The summed E-state index contributed by atoms with van der Waals surface area (Å²) < 4.78 is 0. The molecule has 3 heteroatoms. The summed E-state index contributed by atoms with van der Waals surface area (Å²) in [5.74, 6) is 1.35. The van der Waals surface area contributed by atoms with Crippen molar-refractivity contribution in [3.8, 4) is 0 Å². The number of carbonyl (C=O) groups excluding carboxylic acids is 1. The van der Waals surface area contributed by atoms with Crippen LogP contribution in [0.25, 0.3) is 0 Å². The lowest BCUT2D eigenvalue weighted by molar-refractivity contribution is 0.0525. The summed E-state index contributed by atoms with van der Waals surface area (Å²) in [6.07, 6.45) is 8.88. The average Bonchev–Trinajstić information content (AvgIpc) is 2.62. The van der Waals surface area contributed by atoms with Gasteiger partial charge >= 0.3 is 0 Å². The van der Waals surface area contributed by atoms with Crippen molar-refractivity contribution >= 4 is 5.78 Å². The third kappa shape index (κ3) is 3.43. The van der Waals surface area contributed by atoms with E-state index in [1.165, 1.54) is 37.7 Å². The Morgan fingerprint density at radius 1 is 0.958 bits per heavy atom. The number of hydrogen-bond acceptors (Lipinski definition) is 3. The van der Waals surface area contributed by atoms with E-state index in [4.69, 9.17) is 0 Å². The Morgan fingerprint density at radius 3 is 2.29 bits per heavy atom. The highest BCUT2D eigenvalue weighted by Gasteiger charge is 2.38. The lowest BCUT2D eigenvalue weighted by Gasteiger charge is -2.44. The van der Waals surface area contributed by atoms with Crippen molar-refractivity contribution < 1.29 is 4.79 Å². The van der Waals surface area contributed by atoms with Crippen LogP contribution in [0.1, 0.15) is 66.8 Å². The monoisotopic (exact) mass is 326 g/mol. The van der Waals surface area contributed by atoms with Crippen molar-refractivity contribution in [1.82, 2.24) is 10.2 Å². The predicted molar refractivity (Wildman–Crippen MR) is 97.6 cm³/mol. The minimum atomic E-state index is 0.255. The first-order valence-corrected chi connectivity index (χ1v) is 9.90. The van der Waals surface area contributed by atoms with Crippen LogP contribution in [0, 0.1) is 5.92 Å². The van der Waals surface area contributed by atoms with E-state index in [-0.39, 0.29) is 5.92 Å². The maximum absolute atomic E-state index is 12.7. The summed E-state index contributed by atoms with van der Waals surface area (Å²) in [7, 11) is 0. The first kappa shape index (κ1) is 16.3. The predicted octanol–water partition coefficient (Wildman–Crippen LogP) is 3.60. The smallest absolute Gasteiger partial charge is 0.166 e. The summed E-state index contributed by atoms with van der Waals surface area (Å²) in [4.78, 5) is 15.3. The molecule has 1 N–H and O–H groups in total. The van der Waals surface area contributed by atoms with Gasteiger partial charge in [0.15, 0.2) is 5.78 Å². The van der Waals surface area contributed by atoms with Crippen LogP contribution in [0.5, 0.6) is 0 Å². The van der Waals surface area contributed by atoms with E-state index in [9.17, 15) is 4.79 Å². The number of nitrogens with one attached hydrogen (secondary N) is 1. The zero-order valence-corrected chi connectivity index (χ0v) is 14.7. The van der Waals surface area contributed by atoms with Gasteiger partial charge in [0.25, 0.3) is 0 Å². The topological polar surface area (TPSA) is 32.3 Å². The van der Waals surface area contributed by atoms with Gasteiger partial charge in [-0.15, -0.1) is 0 Å². The lowest BCUT2D eigenvalue weighted by Crippen LogP contribution is -2.53. The number of nitrogens with zero attached hydrogens (tertiary/aromatic N) is 1. The van der Waals surface area contributed by atoms with E-state index < -0.39 is 0 Å². The molecule has 0 amide bonds.